The van der Waals surface area contributed by atoms with Crippen LogP contribution in [0.3, 0.4) is 0 Å². The molecule has 0 saturated carbocycles. The van der Waals surface area contributed by atoms with E-state index in [0.717, 1.165) is 49.7 Å². The average molecular weight is 344 g/mol. The molecule has 0 saturated heterocycles. The minimum absolute atomic E-state index is 0.0452. The third-order valence-electron chi connectivity index (χ3n) is 5.44. The van der Waals surface area contributed by atoms with Crippen LogP contribution in [0.2, 0.25) is 0 Å². The number of hydrogen-bond acceptors (Lipinski definition) is 3. The molecule has 0 aromatic carbocycles. The molecule has 0 aromatic heterocycles. The zero-order valence-electron chi connectivity index (χ0n) is 16.4. The topological polar surface area (TPSA) is 43.4 Å². The van der Waals surface area contributed by atoms with Gasteiger partial charge in [0, 0.05) is 12.5 Å². The highest BCUT2D eigenvalue weighted by Gasteiger charge is 2.45. The van der Waals surface area contributed by atoms with E-state index < -0.39 is 6.10 Å². The van der Waals surface area contributed by atoms with Gasteiger partial charge < -0.3 is 4.74 Å². The molecule has 0 aliphatic heterocycles. The van der Waals surface area contributed by atoms with Gasteiger partial charge >= 0.3 is 5.97 Å². The summed E-state index contributed by atoms with van der Waals surface area (Å²) in [5.74, 6) is 0.406. The molecule has 25 heavy (non-hydrogen) atoms. The fourth-order valence-electron chi connectivity index (χ4n) is 4.01. The molecule has 3 atom stereocenters. The maximum atomic E-state index is 12.7. The first-order chi connectivity index (χ1) is 11.8. The lowest BCUT2D eigenvalue weighted by atomic mass is 9.69. The minimum Gasteiger partial charge on any atom is -0.450 e. The van der Waals surface area contributed by atoms with Crippen LogP contribution in [0.15, 0.2) is 34.4 Å². The normalized spacial score (nSPS) is 24.8. The van der Waals surface area contributed by atoms with Crippen molar-refractivity contribution in [3.63, 3.8) is 0 Å². The summed E-state index contributed by atoms with van der Waals surface area (Å²) in [7, 11) is 0. The lowest BCUT2D eigenvalue weighted by Gasteiger charge is -2.37. The summed E-state index contributed by atoms with van der Waals surface area (Å²) >= 11 is 0. The van der Waals surface area contributed by atoms with Crippen LogP contribution < -0.4 is 0 Å². The van der Waals surface area contributed by atoms with Gasteiger partial charge in [0.2, 0.25) is 5.78 Å². The van der Waals surface area contributed by atoms with E-state index in [1.165, 1.54) is 18.1 Å². The number of Topliss-reactive ketones (excluding diaryl/α,β-unsaturated/α-hetero) is 1. The van der Waals surface area contributed by atoms with Crippen LogP contribution in [0, 0.1) is 11.8 Å². The monoisotopic (exact) mass is 344 g/mol. The van der Waals surface area contributed by atoms with Crippen molar-refractivity contribution in [3.8, 4) is 0 Å². The molecule has 0 fully saturated rings. The van der Waals surface area contributed by atoms with Crippen LogP contribution >= 0.6 is 0 Å². The van der Waals surface area contributed by atoms with E-state index in [0.29, 0.717) is 5.92 Å². The minimum atomic E-state index is -0.619. The number of rotatable bonds is 5. The highest BCUT2D eigenvalue weighted by Crippen LogP contribution is 2.43. The molecule has 0 heterocycles. The van der Waals surface area contributed by atoms with Crippen molar-refractivity contribution in [2.75, 3.05) is 0 Å². The van der Waals surface area contributed by atoms with Gasteiger partial charge in [0.05, 0.1) is 0 Å². The summed E-state index contributed by atoms with van der Waals surface area (Å²) in [4.78, 5) is 24.1. The van der Waals surface area contributed by atoms with Gasteiger partial charge in [0.25, 0.3) is 0 Å². The second kappa shape index (κ2) is 8.64. The van der Waals surface area contributed by atoms with E-state index in [9.17, 15) is 9.59 Å². The molecule has 2 rings (SSSR count). The quantitative estimate of drug-likeness (QED) is 0.501. The number of carbonyl (C=O) groups is 2. The third-order valence-corrected chi connectivity index (χ3v) is 5.44. The highest BCUT2D eigenvalue weighted by molar-refractivity contribution is 6.10. The second-order valence-electron chi connectivity index (χ2n) is 7.86. The van der Waals surface area contributed by atoms with Gasteiger partial charge in [-0.2, -0.15) is 0 Å². The summed E-state index contributed by atoms with van der Waals surface area (Å²) in [6.45, 7) is 10.1. The van der Waals surface area contributed by atoms with E-state index in [-0.39, 0.29) is 17.7 Å². The first-order valence-corrected chi connectivity index (χ1v) is 9.54. The van der Waals surface area contributed by atoms with Crippen molar-refractivity contribution in [1.29, 1.82) is 0 Å². The predicted molar refractivity (Wildman–Crippen MR) is 101 cm³/mol. The van der Waals surface area contributed by atoms with Crippen LogP contribution in [-0.2, 0) is 14.3 Å². The van der Waals surface area contributed by atoms with Gasteiger partial charge in [-0.05, 0) is 76.7 Å². The zero-order valence-corrected chi connectivity index (χ0v) is 16.4. The van der Waals surface area contributed by atoms with Gasteiger partial charge in [-0.15, -0.1) is 0 Å². The lowest BCUT2D eigenvalue weighted by molar-refractivity contribution is -0.152. The van der Waals surface area contributed by atoms with Crippen LogP contribution in [0.1, 0.15) is 73.1 Å². The first-order valence-electron chi connectivity index (χ1n) is 9.54. The molecular formula is C22H32O3. The smallest absolute Gasteiger partial charge is 0.303 e. The number of esters is 1. The first kappa shape index (κ1) is 19.7. The van der Waals surface area contributed by atoms with Crippen LogP contribution in [-0.4, -0.2) is 17.9 Å². The van der Waals surface area contributed by atoms with Crippen molar-refractivity contribution in [3.05, 3.63) is 34.4 Å². The maximum absolute atomic E-state index is 12.7. The van der Waals surface area contributed by atoms with E-state index in [1.807, 2.05) is 0 Å². The van der Waals surface area contributed by atoms with Gasteiger partial charge in [-0.3, -0.25) is 9.59 Å². The van der Waals surface area contributed by atoms with E-state index in [1.54, 1.807) is 0 Å². The van der Waals surface area contributed by atoms with Gasteiger partial charge in [-0.1, -0.05) is 30.2 Å². The zero-order chi connectivity index (χ0) is 18.6. The standard InChI is InChI=1S/C22H32O3/c1-14(2)8-6-10-16(4)18-13-12-15(3)9-7-11-19-20(18)21(24)22(19)25-17(5)23/h8-9,16,18,22H,6-7,10-13H2,1-5H3. The molecule has 3 nitrogen and oxygen atoms in total. The molecule has 138 valence electrons. The summed E-state index contributed by atoms with van der Waals surface area (Å²) in [5.41, 5.74) is 4.79. The molecule has 0 amide bonds. The van der Waals surface area contributed by atoms with Crippen LogP contribution in [0.5, 0.6) is 0 Å². The van der Waals surface area contributed by atoms with Crippen molar-refractivity contribution in [1.82, 2.24) is 0 Å². The Labute approximate surface area is 152 Å². The molecule has 3 unspecified atom stereocenters. The summed E-state index contributed by atoms with van der Waals surface area (Å²) in [6.07, 6.45) is 9.87. The Morgan fingerprint density at radius 2 is 2.04 bits per heavy atom. The highest BCUT2D eigenvalue weighted by atomic mass is 16.5. The number of carbonyl (C=O) groups excluding carboxylic acids is 2. The predicted octanol–water partition coefficient (Wildman–Crippen LogP) is 5.32. The number of hydrogen-bond donors (Lipinski definition) is 0. The molecular weight excluding hydrogens is 312 g/mol. The summed E-state index contributed by atoms with van der Waals surface area (Å²) in [5, 5.41) is 0. The largest absolute Gasteiger partial charge is 0.450 e. The van der Waals surface area contributed by atoms with Crippen molar-refractivity contribution in [2.45, 2.75) is 79.2 Å². The van der Waals surface area contributed by atoms with Crippen molar-refractivity contribution < 1.29 is 14.3 Å². The Hall–Kier alpha value is -1.64. The third kappa shape index (κ3) is 4.93. The summed E-state index contributed by atoms with van der Waals surface area (Å²) < 4.78 is 5.30. The maximum Gasteiger partial charge on any atom is 0.303 e. The molecule has 0 spiro atoms. The number of allylic oxidation sites excluding steroid dienone is 4. The molecule has 2 aliphatic rings. The Bertz CT molecular complexity index is 617. The number of ether oxygens (including phenoxy) is 1. The Balaban J connectivity index is 2.23. The van der Waals surface area contributed by atoms with E-state index in [2.05, 4.69) is 39.8 Å². The SMILES string of the molecule is CC(=O)OC1C(=O)C2=C1CCC=C(C)CCC2C(C)CCC=C(C)C. The summed E-state index contributed by atoms with van der Waals surface area (Å²) in [6, 6.07) is 0. The number of ketones is 1. The van der Waals surface area contributed by atoms with E-state index >= 15 is 0 Å². The molecule has 0 N–H and O–H groups in total. The lowest BCUT2D eigenvalue weighted by Crippen LogP contribution is -2.43. The van der Waals surface area contributed by atoms with Crippen molar-refractivity contribution >= 4 is 11.8 Å². The molecule has 0 radical (unpaired) electrons. The van der Waals surface area contributed by atoms with Crippen LogP contribution in [0.4, 0.5) is 0 Å². The van der Waals surface area contributed by atoms with Gasteiger partial charge in [-0.25, -0.2) is 0 Å². The van der Waals surface area contributed by atoms with Gasteiger partial charge in [0.15, 0.2) is 6.10 Å². The molecule has 0 bridgehead atoms. The second-order valence-corrected chi connectivity index (χ2v) is 7.86. The Morgan fingerprint density at radius 1 is 1.32 bits per heavy atom. The van der Waals surface area contributed by atoms with Crippen LogP contribution in [0.25, 0.3) is 0 Å². The Morgan fingerprint density at radius 3 is 2.68 bits per heavy atom. The van der Waals surface area contributed by atoms with E-state index in [4.69, 9.17) is 4.74 Å². The fraction of sp³-hybridized carbons (Fsp3) is 0.636. The Kier molecular flexibility index (Phi) is 6.80. The molecule has 3 heteroatoms. The van der Waals surface area contributed by atoms with Crippen molar-refractivity contribution in [2.24, 2.45) is 11.8 Å². The average Bonchev–Trinajstić information content (AvgIpc) is 2.60. The fourth-order valence-corrected chi connectivity index (χ4v) is 4.01. The molecule has 2 aliphatic carbocycles. The molecule has 0 aromatic rings. The van der Waals surface area contributed by atoms with Gasteiger partial charge in [0.1, 0.15) is 0 Å².